The minimum atomic E-state index is -0.715. The SMILES string of the molecule is CCOC(=O)C1=C(C)N=c2s/c(=C\c3cc(Br)cc([N+](=O)[O-])c3O)c(=O)n2[C@@H]1c1cccs1. The van der Waals surface area contributed by atoms with E-state index in [1.165, 1.54) is 34.1 Å². The smallest absolute Gasteiger partial charge is 0.338 e. The van der Waals surface area contributed by atoms with E-state index in [9.17, 15) is 24.8 Å². The molecular weight excluding hydrogens is 534 g/mol. The molecule has 1 aliphatic rings. The Morgan fingerprint density at radius 2 is 2.21 bits per heavy atom. The highest BCUT2D eigenvalue weighted by atomic mass is 79.9. The molecule has 0 saturated heterocycles. The van der Waals surface area contributed by atoms with Crippen LogP contribution >= 0.6 is 38.6 Å². The Morgan fingerprint density at radius 3 is 2.85 bits per heavy atom. The van der Waals surface area contributed by atoms with E-state index in [-0.39, 0.29) is 22.3 Å². The summed E-state index contributed by atoms with van der Waals surface area (Å²) in [6.45, 7) is 3.57. The number of phenols is 1. The van der Waals surface area contributed by atoms with Crippen molar-refractivity contribution in [2.24, 2.45) is 4.99 Å². The molecule has 0 fully saturated rings. The van der Waals surface area contributed by atoms with Crippen molar-refractivity contribution in [3.8, 4) is 5.75 Å². The Kier molecular flexibility index (Phi) is 6.32. The van der Waals surface area contributed by atoms with Gasteiger partial charge in [-0.25, -0.2) is 9.79 Å². The summed E-state index contributed by atoms with van der Waals surface area (Å²) in [6.07, 6.45) is 1.38. The van der Waals surface area contributed by atoms with Crippen molar-refractivity contribution in [2.75, 3.05) is 6.61 Å². The number of carbonyl (C=O) groups is 1. The van der Waals surface area contributed by atoms with E-state index in [1.54, 1.807) is 13.8 Å². The summed E-state index contributed by atoms with van der Waals surface area (Å²) in [5, 5.41) is 23.5. The number of hydrogen-bond acceptors (Lipinski definition) is 9. The molecular formula is C21H16BrN3O6S2. The van der Waals surface area contributed by atoms with Crippen LogP contribution in [0.1, 0.15) is 30.3 Å². The van der Waals surface area contributed by atoms with Gasteiger partial charge < -0.3 is 9.84 Å². The number of nitro benzene ring substituents is 1. The van der Waals surface area contributed by atoms with E-state index in [4.69, 9.17) is 4.74 Å². The fourth-order valence-corrected chi connectivity index (χ4v) is 5.83. The third-order valence-electron chi connectivity index (χ3n) is 4.90. The van der Waals surface area contributed by atoms with Crippen LogP contribution in [0.4, 0.5) is 5.69 Å². The van der Waals surface area contributed by atoms with Crippen LogP contribution in [0.2, 0.25) is 0 Å². The first kappa shape index (κ1) is 23.1. The molecule has 9 nitrogen and oxygen atoms in total. The molecule has 0 amide bonds. The molecule has 3 heterocycles. The van der Waals surface area contributed by atoms with Gasteiger partial charge in [-0.05, 0) is 37.4 Å². The zero-order valence-electron chi connectivity index (χ0n) is 17.3. The number of thiophene rings is 1. The average Bonchev–Trinajstić information content (AvgIpc) is 3.38. The van der Waals surface area contributed by atoms with Crippen molar-refractivity contribution >= 4 is 56.3 Å². The van der Waals surface area contributed by atoms with E-state index >= 15 is 0 Å². The first-order valence-electron chi connectivity index (χ1n) is 9.62. The average molecular weight is 550 g/mol. The van der Waals surface area contributed by atoms with Crippen LogP contribution in [0.3, 0.4) is 0 Å². The Bertz CT molecular complexity index is 1490. The lowest BCUT2D eigenvalue weighted by Gasteiger charge is -2.23. The van der Waals surface area contributed by atoms with Crippen molar-refractivity contribution in [1.29, 1.82) is 0 Å². The fraction of sp³-hybridized carbons (Fsp3) is 0.190. The van der Waals surface area contributed by atoms with E-state index in [0.29, 0.717) is 15.0 Å². The second-order valence-corrected chi connectivity index (χ2v) is 9.84. The fourth-order valence-electron chi connectivity index (χ4n) is 3.50. The van der Waals surface area contributed by atoms with Crippen LogP contribution in [-0.4, -0.2) is 27.2 Å². The summed E-state index contributed by atoms with van der Waals surface area (Å²) in [5.41, 5.74) is -0.0936. The predicted octanol–water partition coefficient (Wildman–Crippen LogP) is 3.24. The van der Waals surface area contributed by atoms with Crippen LogP contribution < -0.4 is 14.9 Å². The normalized spacial score (nSPS) is 15.8. The minimum absolute atomic E-state index is 0.107. The third-order valence-corrected chi connectivity index (χ3v) is 7.26. The van der Waals surface area contributed by atoms with E-state index in [0.717, 1.165) is 16.2 Å². The molecule has 0 bridgehead atoms. The second-order valence-electron chi connectivity index (χ2n) is 6.94. The highest BCUT2D eigenvalue weighted by Crippen LogP contribution is 2.35. The summed E-state index contributed by atoms with van der Waals surface area (Å²) in [6, 6.07) is 5.60. The summed E-state index contributed by atoms with van der Waals surface area (Å²) >= 11 is 5.66. The lowest BCUT2D eigenvalue weighted by Crippen LogP contribution is -2.39. The number of ether oxygens (including phenoxy) is 1. The van der Waals surface area contributed by atoms with Crippen LogP contribution in [0.15, 0.2) is 55.2 Å². The number of carbonyl (C=O) groups excluding carboxylic acids is 1. The largest absolute Gasteiger partial charge is 0.502 e. The Morgan fingerprint density at radius 1 is 1.45 bits per heavy atom. The topological polar surface area (TPSA) is 124 Å². The number of aromatic hydroxyl groups is 1. The number of aromatic nitrogens is 1. The highest BCUT2D eigenvalue weighted by molar-refractivity contribution is 9.10. The number of halogens is 1. The maximum Gasteiger partial charge on any atom is 0.338 e. The number of nitro groups is 1. The van der Waals surface area contributed by atoms with Gasteiger partial charge in [-0.2, -0.15) is 0 Å². The Balaban J connectivity index is 1.97. The first-order chi connectivity index (χ1) is 15.7. The lowest BCUT2D eigenvalue weighted by atomic mass is 10.0. The summed E-state index contributed by atoms with van der Waals surface area (Å²) in [4.78, 5) is 42.4. The molecule has 4 rings (SSSR count). The summed E-state index contributed by atoms with van der Waals surface area (Å²) < 4.78 is 7.23. The highest BCUT2D eigenvalue weighted by Gasteiger charge is 2.34. The first-order valence-corrected chi connectivity index (χ1v) is 12.1. The maximum atomic E-state index is 13.5. The second kappa shape index (κ2) is 9.04. The Hall–Kier alpha value is -3.09. The number of thiazole rings is 1. The van der Waals surface area contributed by atoms with Gasteiger partial charge in [-0.15, -0.1) is 11.3 Å². The van der Waals surface area contributed by atoms with Crippen molar-refractivity contribution in [3.63, 3.8) is 0 Å². The third kappa shape index (κ3) is 4.16. The molecule has 0 saturated carbocycles. The molecule has 33 heavy (non-hydrogen) atoms. The number of rotatable bonds is 5. The predicted molar refractivity (Wildman–Crippen MR) is 127 cm³/mol. The minimum Gasteiger partial charge on any atom is -0.502 e. The monoisotopic (exact) mass is 549 g/mol. The van der Waals surface area contributed by atoms with Crippen LogP contribution in [-0.2, 0) is 9.53 Å². The Labute approximate surface area is 202 Å². The van der Waals surface area contributed by atoms with Crippen LogP contribution in [0.5, 0.6) is 5.75 Å². The molecule has 2 aromatic heterocycles. The summed E-state index contributed by atoms with van der Waals surface area (Å²) in [5.74, 6) is -1.10. The quantitative estimate of drug-likeness (QED) is 0.296. The number of allylic oxidation sites excluding steroid dienone is 1. The molecule has 3 aromatic rings. The van der Waals surface area contributed by atoms with Gasteiger partial charge in [0.2, 0.25) is 5.75 Å². The maximum absolute atomic E-state index is 13.5. The van der Waals surface area contributed by atoms with Gasteiger partial charge in [0.05, 0.1) is 27.3 Å². The molecule has 0 spiro atoms. The lowest BCUT2D eigenvalue weighted by molar-refractivity contribution is -0.385. The number of phenolic OH excluding ortho intramolecular Hbond substituents is 1. The van der Waals surface area contributed by atoms with Crippen molar-refractivity contribution < 1.29 is 19.6 Å². The zero-order valence-corrected chi connectivity index (χ0v) is 20.5. The number of fused-ring (bicyclic) bond motifs is 1. The molecule has 0 radical (unpaired) electrons. The van der Waals surface area contributed by atoms with E-state index < -0.39 is 33.9 Å². The van der Waals surface area contributed by atoms with E-state index in [1.807, 2.05) is 17.5 Å². The van der Waals surface area contributed by atoms with Gasteiger partial charge in [0, 0.05) is 21.0 Å². The molecule has 1 aromatic carbocycles. The van der Waals surface area contributed by atoms with Crippen molar-refractivity contribution in [3.05, 3.63) is 85.6 Å². The van der Waals surface area contributed by atoms with Gasteiger partial charge in [0.15, 0.2) is 4.80 Å². The zero-order chi connectivity index (χ0) is 23.9. The van der Waals surface area contributed by atoms with Gasteiger partial charge >= 0.3 is 11.7 Å². The van der Waals surface area contributed by atoms with Crippen molar-refractivity contribution in [1.82, 2.24) is 4.57 Å². The number of nitrogens with zero attached hydrogens (tertiary/aromatic N) is 3. The van der Waals surface area contributed by atoms with Crippen LogP contribution in [0, 0.1) is 10.1 Å². The summed E-state index contributed by atoms with van der Waals surface area (Å²) in [7, 11) is 0. The standard InChI is InChI=1S/C21H16BrN3O6S2/c1-3-31-20(28)16-10(2)23-21-24(17(16)14-5-4-6-32-14)19(27)15(33-21)8-11-7-12(22)9-13(18(11)26)25(29)30/h4-9,17,26H,3H2,1-2H3/b15-8-/t17-/m1/s1. The van der Waals surface area contributed by atoms with Gasteiger partial charge in [0.1, 0.15) is 6.04 Å². The van der Waals surface area contributed by atoms with Crippen molar-refractivity contribution in [2.45, 2.75) is 19.9 Å². The molecule has 1 N–H and O–H groups in total. The molecule has 0 aliphatic carbocycles. The molecule has 170 valence electrons. The van der Waals surface area contributed by atoms with Gasteiger partial charge in [-0.1, -0.05) is 33.3 Å². The molecule has 0 unspecified atom stereocenters. The van der Waals surface area contributed by atoms with E-state index in [2.05, 4.69) is 20.9 Å². The number of benzene rings is 1. The van der Waals surface area contributed by atoms with Gasteiger partial charge in [-0.3, -0.25) is 19.5 Å². The molecule has 1 aliphatic heterocycles. The van der Waals surface area contributed by atoms with Gasteiger partial charge in [0.25, 0.3) is 5.56 Å². The van der Waals surface area contributed by atoms with Crippen LogP contribution in [0.25, 0.3) is 6.08 Å². The molecule has 1 atom stereocenters. The number of esters is 1. The number of hydrogen-bond donors (Lipinski definition) is 1. The molecule has 12 heteroatoms.